The van der Waals surface area contributed by atoms with Crippen LogP contribution in [-0.2, 0) is 5.54 Å². The summed E-state index contributed by atoms with van der Waals surface area (Å²) in [7, 11) is 1.69. The number of nitrogens with zero attached hydrogens (tertiary/aromatic N) is 4. The van der Waals surface area contributed by atoms with Crippen LogP contribution in [0, 0.1) is 19.8 Å². The van der Waals surface area contributed by atoms with Gasteiger partial charge in [-0.15, -0.1) is 5.10 Å². The second-order valence-electron chi connectivity index (χ2n) is 8.27. The molecule has 152 valence electrons. The van der Waals surface area contributed by atoms with E-state index in [4.69, 9.17) is 4.74 Å². The van der Waals surface area contributed by atoms with Crippen LogP contribution in [-0.4, -0.2) is 27.3 Å². The van der Waals surface area contributed by atoms with E-state index in [0.717, 1.165) is 48.6 Å². The third-order valence-corrected chi connectivity index (χ3v) is 6.15. The molecule has 6 heteroatoms. The fourth-order valence-corrected chi connectivity index (χ4v) is 4.39. The van der Waals surface area contributed by atoms with Crippen LogP contribution in [0.4, 0.5) is 5.69 Å². The highest BCUT2D eigenvalue weighted by atomic mass is 16.5. The summed E-state index contributed by atoms with van der Waals surface area (Å²) in [5.41, 5.74) is 4.15. The van der Waals surface area contributed by atoms with Crippen molar-refractivity contribution in [2.75, 3.05) is 12.4 Å². The first kappa shape index (κ1) is 19.4. The minimum atomic E-state index is -0.306. The summed E-state index contributed by atoms with van der Waals surface area (Å²) in [4.78, 5) is 0. The summed E-state index contributed by atoms with van der Waals surface area (Å²) in [6.07, 6.45) is 4.27. The standard InChI is InChI=1S/C23H29N5O/c1-16-12-14-23(15-13-16,24-19-8-10-20(29-4)11-9-19)22-25-26-27-28(22)21-17(2)6-5-7-18(21)3/h5-11,16,24H,12-15H2,1-4H3. The fraction of sp³-hybridized carbons (Fsp3) is 0.435. The van der Waals surface area contributed by atoms with Crippen LogP contribution in [0.2, 0.25) is 0 Å². The minimum Gasteiger partial charge on any atom is -0.497 e. The van der Waals surface area contributed by atoms with Gasteiger partial charge in [-0.05, 0) is 91.3 Å². The molecule has 1 aliphatic carbocycles. The smallest absolute Gasteiger partial charge is 0.181 e. The molecule has 1 saturated carbocycles. The molecule has 0 saturated heterocycles. The van der Waals surface area contributed by atoms with E-state index >= 15 is 0 Å². The highest BCUT2D eigenvalue weighted by Crippen LogP contribution is 2.42. The lowest BCUT2D eigenvalue weighted by molar-refractivity contribution is 0.255. The number of aromatic nitrogens is 4. The highest BCUT2D eigenvalue weighted by Gasteiger charge is 2.41. The van der Waals surface area contributed by atoms with Crippen LogP contribution >= 0.6 is 0 Å². The van der Waals surface area contributed by atoms with Gasteiger partial charge in [0.25, 0.3) is 0 Å². The first-order valence-corrected chi connectivity index (χ1v) is 10.3. The monoisotopic (exact) mass is 391 g/mol. The van der Waals surface area contributed by atoms with Gasteiger partial charge in [-0.2, -0.15) is 4.68 Å². The predicted octanol–water partition coefficient (Wildman–Crippen LogP) is 4.81. The molecule has 0 radical (unpaired) electrons. The maximum atomic E-state index is 5.31. The normalized spacial score (nSPS) is 21.7. The number of benzene rings is 2. The van der Waals surface area contributed by atoms with Crippen LogP contribution in [0.15, 0.2) is 42.5 Å². The largest absolute Gasteiger partial charge is 0.497 e. The van der Waals surface area contributed by atoms with Crippen molar-refractivity contribution in [1.29, 1.82) is 0 Å². The van der Waals surface area contributed by atoms with Gasteiger partial charge in [-0.1, -0.05) is 25.1 Å². The molecule has 0 unspecified atom stereocenters. The molecule has 0 bridgehead atoms. The molecule has 4 rings (SSSR count). The van der Waals surface area contributed by atoms with Crippen molar-refractivity contribution in [1.82, 2.24) is 20.2 Å². The molecular formula is C23H29N5O. The zero-order chi connectivity index (χ0) is 20.4. The van der Waals surface area contributed by atoms with Crippen LogP contribution < -0.4 is 10.1 Å². The number of hydrogen-bond donors (Lipinski definition) is 1. The van der Waals surface area contributed by atoms with Crippen LogP contribution in [0.1, 0.15) is 49.6 Å². The molecule has 29 heavy (non-hydrogen) atoms. The van der Waals surface area contributed by atoms with E-state index in [1.165, 1.54) is 11.1 Å². The van der Waals surface area contributed by atoms with Gasteiger partial charge in [0.2, 0.25) is 0 Å². The molecule has 1 heterocycles. The Labute approximate surface area is 172 Å². The van der Waals surface area contributed by atoms with E-state index in [0.29, 0.717) is 5.92 Å². The Morgan fingerprint density at radius 3 is 2.31 bits per heavy atom. The van der Waals surface area contributed by atoms with E-state index in [1.807, 2.05) is 16.8 Å². The number of aryl methyl sites for hydroxylation is 2. The second-order valence-corrected chi connectivity index (χ2v) is 8.27. The van der Waals surface area contributed by atoms with E-state index < -0.39 is 0 Å². The molecule has 6 nitrogen and oxygen atoms in total. The molecule has 0 atom stereocenters. The number of rotatable bonds is 5. The average molecular weight is 392 g/mol. The van der Waals surface area contributed by atoms with Crippen molar-refractivity contribution >= 4 is 5.69 Å². The number of methoxy groups -OCH3 is 1. The SMILES string of the molecule is COc1ccc(NC2(c3nnnn3-c3c(C)cccc3C)CCC(C)CC2)cc1. The van der Waals surface area contributed by atoms with Gasteiger partial charge in [0, 0.05) is 5.69 Å². The lowest BCUT2D eigenvalue weighted by atomic mass is 9.76. The Balaban J connectivity index is 1.78. The topological polar surface area (TPSA) is 64.9 Å². The third-order valence-electron chi connectivity index (χ3n) is 6.15. The van der Waals surface area contributed by atoms with Crippen molar-refractivity contribution in [3.05, 3.63) is 59.4 Å². The molecule has 1 fully saturated rings. The van der Waals surface area contributed by atoms with Crippen molar-refractivity contribution in [3.63, 3.8) is 0 Å². The molecule has 1 N–H and O–H groups in total. The molecule has 1 aliphatic rings. The number of hydrogen-bond acceptors (Lipinski definition) is 5. The van der Waals surface area contributed by atoms with Gasteiger partial charge in [-0.3, -0.25) is 0 Å². The average Bonchev–Trinajstić information content (AvgIpc) is 3.20. The lowest BCUT2D eigenvalue weighted by Crippen LogP contribution is -2.41. The van der Waals surface area contributed by atoms with Gasteiger partial charge < -0.3 is 10.1 Å². The number of para-hydroxylation sites is 1. The van der Waals surface area contributed by atoms with Crippen molar-refractivity contribution in [3.8, 4) is 11.4 Å². The van der Waals surface area contributed by atoms with Gasteiger partial charge >= 0.3 is 0 Å². The van der Waals surface area contributed by atoms with Gasteiger partial charge in [0.05, 0.1) is 18.3 Å². The highest BCUT2D eigenvalue weighted by molar-refractivity contribution is 5.51. The van der Waals surface area contributed by atoms with E-state index in [9.17, 15) is 0 Å². The van der Waals surface area contributed by atoms with Crippen molar-refractivity contribution in [2.24, 2.45) is 5.92 Å². The number of nitrogens with one attached hydrogen (secondary N) is 1. The Morgan fingerprint density at radius 1 is 1.03 bits per heavy atom. The van der Waals surface area contributed by atoms with E-state index in [2.05, 4.69) is 71.9 Å². The number of ether oxygens (including phenoxy) is 1. The fourth-order valence-electron chi connectivity index (χ4n) is 4.39. The Morgan fingerprint density at radius 2 is 1.69 bits per heavy atom. The Hall–Kier alpha value is -2.89. The van der Waals surface area contributed by atoms with Gasteiger partial charge in [0.15, 0.2) is 5.82 Å². The summed E-state index contributed by atoms with van der Waals surface area (Å²) in [5, 5.41) is 16.8. The summed E-state index contributed by atoms with van der Waals surface area (Å²) in [5.74, 6) is 2.45. The summed E-state index contributed by atoms with van der Waals surface area (Å²) in [6.45, 7) is 6.55. The zero-order valence-corrected chi connectivity index (χ0v) is 17.6. The molecule has 0 aliphatic heterocycles. The van der Waals surface area contributed by atoms with Crippen molar-refractivity contribution < 1.29 is 4.74 Å². The van der Waals surface area contributed by atoms with Crippen LogP contribution in [0.3, 0.4) is 0 Å². The maximum Gasteiger partial charge on any atom is 0.181 e. The van der Waals surface area contributed by atoms with Gasteiger partial charge in [0.1, 0.15) is 5.75 Å². The first-order chi connectivity index (χ1) is 14.0. The molecule has 0 spiro atoms. The summed E-state index contributed by atoms with van der Waals surface area (Å²) >= 11 is 0. The molecule has 3 aromatic rings. The quantitative estimate of drug-likeness (QED) is 0.676. The molecule has 1 aromatic heterocycles. The molecular weight excluding hydrogens is 362 g/mol. The Kier molecular flexibility index (Phi) is 5.26. The Bertz CT molecular complexity index is 951. The van der Waals surface area contributed by atoms with Crippen LogP contribution in [0.25, 0.3) is 5.69 Å². The molecule has 2 aromatic carbocycles. The van der Waals surface area contributed by atoms with Crippen molar-refractivity contribution in [2.45, 2.75) is 52.0 Å². The van der Waals surface area contributed by atoms with Gasteiger partial charge in [-0.25, -0.2) is 0 Å². The van der Waals surface area contributed by atoms with E-state index in [1.54, 1.807) is 7.11 Å². The minimum absolute atomic E-state index is 0.306. The lowest BCUT2D eigenvalue weighted by Gasteiger charge is -2.40. The number of tetrazole rings is 1. The zero-order valence-electron chi connectivity index (χ0n) is 17.6. The molecule has 0 amide bonds. The van der Waals surface area contributed by atoms with E-state index in [-0.39, 0.29) is 5.54 Å². The third kappa shape index (κ3) is 3.71. The summed E-state index contributed by atoms with van der Waals surface area (Å²) in [6, 6.07) is 14.4. The maximum absolute atomic E-state index is 5.31. The predicted molar refractivity (Wildman–Crippen MR) is 115 cm³/mol. The second kappa shape index (κ2) is 7.85. The van der Waals surface area contributed by atoms with Crippen LogP contribution in [0.5, 0.6) is 5.75 Å². The number of anilines is 1. The first-order valence-electron chi connectivity index (χ1n) is 10.3. The summed E-state index contributed by atoms with van der Waals surface area (Å²) < 4.78 is 7.25.